The first-order valence-corrected chi connectivity index (χ1v) is 12.2. The lowest BCUT2D eigenvalue weighted by molar-refractivity contribution is -0.120. The summed E-state index contributed by atoms with van der Waals surface area (Å²) in [6.07, 6.45) is 0. The Morgan fingerprint density at radius 2 is 1.70 bits per heavy atom. The van der Waals surface area contributed by atoms with E-state index in [0.29, 0.717) is 12.4 Å². The number of fused-ring (bicyclic) bond motifs is 1. The van der Waals surface area contributed by atoms with Crippen LogP contribution in [0.3, 0.4) is 0 Å². The van der Waals surface area contributed by atoms with Crippen LogP contribution in [0.1, 0.15) is 30.1 Å². The highest BCUT2D eigenvalue weighted by Crippen LogP contribution is 2.39. The lowest BCUT2D eigenvalue weighted by Crippen LogP contribution is -2.45. The molecule has 0 spiro atoms. The quantitative estimate of drug-likeness (QED) is 0.602. The van der Waals surface area contributed by atoms with Gasteiger partial charge in [0.05, 0.1) is 23.2 Å². The smallest absolute Gasteiger partial charge is 0.241 e. The highest BCUT2D eigenvalue weighted by Gasteiger charge is 2.34. The number of hydrogen-bond donors (Lipinski definition) is 1. The van der Waals surface area contributed by atoms with Crippen LogP contribution < -0.4 is 14.8 Å². The zero-order chi connectivity index (χ0) is 23.6. The summed E-state index contributed by atoms with van der Waals surface area (Å²) in [5, 5.41) is 5.19. The molecule has 1 heterocycles. The van der Waals surface area contributed by atoms with Gasteiger partial charge in [-0.1, -0.05) is 54.6 Å². The van der Waals surface area contributed by atoms with E-state index in [9.17, 15) is 13.2 Å². The normalized spacial score (nSPS) is 16.7. The summed E-state index contributed by atoms with van der Waals surface area (Å²) in [6, 6.07) is 23.5. The molecule has 172 valence electrons. The third-order valence-corrected chi connectivity index (χ3v) is 6.95. The minimum atomic E-state index is -3.75. The van der Waals surface area contributed by atoms with Gasteiger partial charge in [0, 0.05) is 6.04 Å². The average molecular weight is 466 g/mol. The Bertz CT molecular complexity index is 1230. The van der Waals surface area contributed by atoms with Crippen LogP contribution in [-0.4, -0.2) is 39.4 Å². The number of likely N-dealkylation sites (N-methyl/N-ethyl adjacent to an activating group) is 1. The zero-order valence-electron chi connectivity index (χ0n) is 18.6. The largest absolute Gasteiger partial charge is 0.489 e. The molecule has 0 fully saturated rings. The van der Waals surface area contributed by atoms with E-state index in [2.05, 4.69) is 0 Å². The van der Waals surface area contributed by atoms with Crippen LogP contribution in [-0.2, 0) is 14.8 Å². The molecule has 4 rings (SSSR count). The second kappa shape index (κ2) is 9.35. The van der Waals surface area contributed by atoms with Crippen molar-refractivity contribution in [2.24, 2.45) is 5.14 Å². The van der Waals surface area contributed by atoms with E-state index in [4.69, 9.17) is 9.88 Å². The maximum atomic E-state index is 13.6. The van der Waals surface area contributed by atoms with Crippen LogP contribution in [0.2, 0.25) is 0 Å². The topological polar surface area (TPSA) is 92.9 Å². The molecule has 0 aromatic heterocycles. The van der Waals surface area contributed by atoms with Crippen molar-refractivity contribution in [2.45, 2.75) is 23.9 Å². The monoisotopic (exact) mass is 465 g/mol. The van der Waals surface area contributed by atoms with E-state index < -0.39 is 10.0 Å². The van der Waals surface area contributed by atoms with Crippen molar-refractivity contribution < 1.29 is 17.9 Å². The van der Waals surface area contributed by atoms with Crippen molar-refractivity contribution in [3.05, 3.63) is 90.0 Å². The van der Waals surface area contributed by atoms with Gasteiger partial charge in [-0.15, -0.1) is 0 Å². The summed E-state index contributed by atoms with van der Waals surface area (Å²) in [4.78, 5) is 17.4. The Morgan fingerprint density at radius 3 is 2.36 bits per heavy atom. The van der Waals surface area contributed by atoms with Crippen LogP contribution in [0.5, 0.6) is 5.75 Å². The number of anilines is 1. The first-order valence-electron chi connectivity index (χ1n) is 10.7. The standard InChI is InChI=1S/C25H27N3O4S/c1-18(19-12-14-21(15-13-19)33(26,30)31)27(2)16-25(29)28-22-10-6-7-11-24(22)32-17-23(28)20-8-4-3-5-9-20/h3-15,18,23H,16-17H2,1-2H3,(H2,26,30,31)/t18-,23-/m1/s1. The molecule has 8 heteroatoms. The number of nitrogens with zero attached hydrogens (tertiary/aromatic N) is 2. The van der Waals surface area contributed by atoms with E-state index in [1.54, 1.807) is 12.1 Å². The zero-order valence-corrected chi connectivity index (χ0v) is 19.4. The Labute approximate surface area is 194 Å². The first-order chi connectivity index (χ1) is 15.8. The molecule has 7 nitrogen and oxygen atoms in total. The van der Waals surface area contributed by atoms with Crippen molar-refractivity contribution in [1.29, 1.82) is 0 Å². The number of sulfonamides is 1. The van der Waals surface area contributed by atoms with Crippen LogP contribution in [0, 0.1) is 0 Å². The van der Waals surface area contributed by atoms with E-state index >= 15 is 0 Å². The summed E-state index contributed by atoms with van der Waals surface area (Å²) in [5.74, 6) is 0.641. The van der Waals surface area contributed by atoms with Crippen molar-refractivity contribution in [3.8, 4) is 5.75 Å². The van der Waals surface area contributed by atoms with Gasteiger partial charge in [0.15, 0.2) is 0 Å². The first kappa shape index (κ1) is 23.0. The molecule has 0 bridgehead atoms. The summed E-state index contributed by atoms with van der Waals surface area (Å²) in [5.41, 5.74) is 2.65. The molecule has 0 radical (unpaired) electrons. The molecule has 3 aromatic carbocycles. The molecule has 0 saturated heterocycles. The number of hydrogen-bond acceptors (Lipinski definition) is 5. The van der Waals surface area contributed by atoms with Gasteiger partial charge >= 0.3 is 0 Å². The lowest BCUT2D eigenvalue weighted by Gasteiger charge is -2.38. The van der Waals surface area contributed by atoms with Crippen molar-refractivity contribution in [2.75, 3.05) is 25.1 Å². The summed E-state index contributed by atoms with van der Waals surface area (Å²) < 4.78 is 29.0. The molecule has 1 aliphatic rings. The third kappa shape index (κ3) is 4.93. The number of nitrogens with two attached hydrogens (primary N) is 1. The molecular weight excluding hydrogens is 438 g/mol. The van der Waals surface area contributed by atoms with Crippen molar-refractivity contribution >= 4 is 21.6 Å². The van der Waals surface area contributed by atoms with Crippen LogP contribution >= 0.6 is 0 Å². The van der Waals surface area contributed by atoms with E-state index in [-0.39, 0.29) is 29.4 Å². The summed E-state index contributed by atoms with van der Waals surface area (Å²) in [7, 11) is -1.87. The van der Waals surface area contributed by atoms with E-state index in [0.717, 1.165) is 16.8 Å². The van der Waals surface area contributed by atoms with Gasteiger partial charge in [-0.3, -0.25) is 14.6 Å². The summed E-state index contributed by atoms with van der Waals surface area (Å²) >= 11 is 0. The van der Waals surface area contributed by atoms with Crippen molar-refractivity contribution in [1.82, 2.24) is 4.90 Å². The molecule has 33 heavy (non-hydrogen) atoms. The number of carbonyl (C=O) groups is 1. The number of carbonyl (C=O) groups excluding carboxylic acids is 1. The molecular formula is C25H27N3O4S. The second-order valence-electron chi connectivity index (χ2n) is 8.17. The van der Waals surface area contributed by atoms with Crippen LogP contribution in [0.15, 0.2) is 83.8 Å². The molecule has 1 amide bonds. The molecule has 0 unspecified atom stereocenters. The molecule has 1 aliphatic heterocycles. The lowest BCUT2D eigenvalue weighted by atomic mass is 10.0. The maximum Gasteiger partial charge on any atom is 0.241 e. The van der Waals surface area contributed by atoms with Crippen LogP contribution in [0.4, 0.5) is 5.69 Å². The number of amides is 1. The molecule has 3 aromatic rings. The van der Waals surface area contributed by atoms with E-state index in [1.807, 2.05) is 78.4 Å². The molecule has 0 saturated carbocycles. The summed E-state index contributed by atoms with van der Waals surface area (Å²) in [6.45, 7) is 2.53. The van der Waals surface area contributed by atoms with Gasteiger partial charge in [0.2, 0.25) is 15.9 Å². The number of primary sulfonamides is 1. The van der Waals surface area contributed by atoms with Gasteiger partial charge in [-0.05, 0) is 49.4 Å². The minimum absolute atomic E-state index is 0.0462. The SMILES string of the molecule is C[C@H](c1ccc(S(N)(=O)=O)cc1)N(C)CC(=O)N1c2ccccc2OC[C@@H]1c1ccccc1. The Morgan fingerprint density at radius 1 is 1.06 bits per heavy atom. The maximum absolute atomic E-state index is 13.6. The number of ether oxygens (including phenoxy) is 1. The average Bonchev–Trinajstić information content (AvgIpc) is 2.82. The molecule has 2 atom stereocenters. The fourth-order valence-corrected chi connectivity index (χ4v) is 4.55. The Hall–Kier alpha value is -3.20. The highest BCUT2D eigenvalue weighted by atomic mass is 32.2. The fourth-order valence-electron chi connectivity index (χ4n) is 4.03. The van der Waals surface area contributed by atoms with Crippen molar-refractivity contribution in [3.63, 3.8) is 0 Å². The predicted molar refractivity (Wildman–Crippen MR) is 127 cm³/mol. The van der Waals surface area contributed by atoms with Gasteiger partial charge in [0.1, 0.15) is 12.4 Å². The fraction of sp³-hybridized carbons (Fsp3) is 0.240. The van der Waals surface area contributed by atoms with Gasteiger partial charge in [0.25, 0.3) is 0 Å². The second-order valence-corrected chi connectivity index (χ2v) is 9.74. The number of benzene rings is 3. The van der Waals surface area contributed by atoms with Gasteiger partial charge in [-0.25, -0.2) is 13.6 Å². The van der Waals surface area contributed by atoms with Gasteiger partial charge in [-0.2, -0.15) is 0 Å². The predicted octanol–water partition coefficient (Wildman–Crippen LogP) is 3.49. The Balaban J connectivity index is 1.57. The van der Waals surface area contributed by atoms with Gasteiger partial charge < -0.3 is 4.74 Å². The number of para-hydroxylation sites is 2. The minimum Gasteiger partial charge on any atom is -0.489 e. The van der Waals surface area contributed by atoms with E-state index in [1.165, 1.54) is 12.1 Å². The molecule has 0 aliphatic carbocycles. The number of rotatable bonds is 6. The third-order valence-electron chi connectivity index (χ3n) is 6.02. The Kier molecular flexibility index (Phi) is 6.51. The molecule has 2 N–H and O–H groups in total. The highest BCUT2D eigenvalue weighted by molar-refractivity contribution is 7.89. The van der Waals surface area contributed by atoms with Crippen LogP contribution in [0.25, 0.3) is 0 Å².